The summed E-state index contributed by atoms with van der Waals surface area (Å²) in [5.74, 6) is -4.30. The van der Waals surface area contributed by atoms with Crippen LogP contribution in [0.1, 0.15) is 35.1 Å². The Balaban J connectivity index is 1.34. The molecule has 2 aliphatic heterocycles. The lowest BCUT2D eigenvalue weighted by Gasteiger charge is -2.26. The number of aryl methyl sites for hydroxylation is 2. The van der Waals surface area contributed by atoms with Gasteiger partial charge in [-0.2, -0.15) is 0 Å². The second kappa shape index (κ2) is 19.9. The highest BCUT2D eigenvalue weighted by atomic mass is 19.1. The molecule has 0 unspecified atom stereocenters. The molecule has 2 aliphatic rings. The molecule has 7 rings (SSSR count). The number of benzene rings is 5. The number of hydrogen-bond acceptors (Lipinski definition) is 6. The summed E-state index contributed by atoms with van der Waals surface area (Å²) in [6.45, 7) is -0.464. The van der Waals surface area contributed by atoms with Crippen molar-refractivity contribution >= 4 is 29.6 Å². The molecule has 0 aliphatic carbocycles. The van der Waals surface area contributed by atoms with Gasteiger partial charge in [0.05, 0.1) is 0 Å². The number of fused-ring (bicyclic) bond motifs is 17. The molecule has 12 heteroatoms. The first kappa shape index (κ1) is 40.8. The van der Waals surface area contributed by atoms with E-state index in [1.165, 1.54) is 18.2 Å². The van der Waals surface area contributed by atoms with Gasteiger partial charge < -0.3 is 31.1 Å². The van der Waals surface area contributed by atoms with Crippen LogP contribution in [0.3, 0.4) is 0 Å². The Morgan fingerprint density at radius 3 is 1.88 bits per heavy atom. The Hall–Kier alpha value is -6.82. The quantitative estimate of drug-likeness (QED) is 0.132. The van der Waals surface area contributed by atoms with Crippen LogP contribution in [0, 0.1) is 5.82 Å². The van der Waals surface area contributed by atoms with E-state index in [1.54, 1.807) is 30.3 Å². The zero-order chi connectivity index (χ0) is 40.9. The van der Waals surface area contributed by atoms with Crippen LogP contribution in [0.25, 0.3) is 11.1 Å². The summed E-state index contributed by atoms with van der Waals surface area (Å²) in [4.78, 5) is 68.2. The smallest absolute Gasteiger partial charge is 0.326 e. The maximum Gasteiger partial charge on any atom is 0.326 e. The molecule has 5 N–H and O–H groups in total. The van der Waals surface area contributed by atoms with E-state index in [1.807, 2.05) is 84.9 Å². The Kier molecular flexibility index (Phi) is 14.0. The maximum absolute atomic E-state index is 14.9. The van der Waals surface area contributed by atoms with Crippen molar-refractivity contribution < 1.29 is 38.2 Å². The number of carboxylic acids is 1. The topological polar surface area (TPSA) is 163 Å². The van der Waals surface area contributed by atoms with E-state index in [0.717, 1.165) is 22.3 Å². The lowest BCUT2D eigenvalue weighted by atomic mass is 9.98. The Morgan fingerprint density at radius 2 is 1.21 bits per heavy atom. The van der Waals surface area contributed by atoms with E-state index in [0.29, 0.717) is 24.2 Å². The lowest BCUT2D eigenvalue weighted by molar-refractivity contribution is -0.142. The van der Waals surface area contributed by atoms with Crippen LogP contribution in [-0.4, -0.2) is 65.5 Å². The molecule has 0 aromatic heterocycles. The zero-order valence-electron chi connectivity index (χ0n) is 31.7. The fraction of sp³-hybridized carbons (Fsp3) is 0.239. The maximum atomic E-state index is 14.9. The molecule has 0 saturated heterocycles. The van der Waals surface area contributed by atoms with Crippen LogP contribution in [0.4, 0.5) is 4.39 Å². The highest BCUT2D eigenvalue weighted by molar-refractivity contribution is 5.95. The normalized spacial score (nSPS) is 19.5. The predicted molar refractivity (Wildman–Crippen MR) is 216 cm³/mol. The molecule has 2 bridgehead atoms. The van der Waals surface area contributed by atoms with Gasteiger partial charge in [0, 0.05) is 12.8 Å². The predicted octanol–water partition coefficient (Wildman–Crippen LogP) is 4.96. The fourth-order valence-corrected chi connectivity index (χ4v) is 6.75. The molecule has 298 valence electrons. The third-order valence-electron chi connectivity index (χ3n) is 9.99. The van der Waals surface area contributed by atoms with E-state index in [2.05, 4.69) is 21.3 Å². The van der Waals surface area contributed by atoms with Crippen LogP contribution in [0.5, 0.6) is 5.75 Å². The molecule has 0 saturated carbocycles. The first-order valence-electron chi connectivity index (χ1n) is 19.2. The summed E-state index contributed by atoms with van der Waals surface area (Å²) in [5.41, 5.74) is 4.43. The standard InChI is InChI=1S/C46H45FN4O7/c47-37-14-8-7-13-35(37)28-41-45(55)51-40(27-32-15-21-34(22-16-32)33-11-5-2-6-12-33)44(54)49-38(25-19-30-9-3-1-4-10-30)43(53)50-39(46(56)57)26-20-31-17-23-36(24-18-31)58-29-42(52)48-41/h1-18,21-24,38-41H,19-20,25-29H2,(H,48,52)(H,49,54)(H,50,53)(H,51,55)(H,56,57)/t38-,39-,40+,41-/m0/s1. The molecule has 4 atom stereocenters. The SMILES string of the molecule is O=C1COc2ccc(cc2)CC[C@@H](C(=O)O)NC(=O)[C@H](CCc2ccccc2)NC(=O)[C@@H](Cc2ccc(-c3ccccc3)cc2)NC(=O)[C@H](Cc2ccccc2F)N1. The monoisotopic (exact) mass is 784 g/mol. The Bertz CT molecular complexity index is 2180. The van der Waals surface area contributed by atoms with Crippen LogP contribution < -0.4 is 26.0 Å². The highest BCUT2D eigenvalue weighted by Gasteiger charge is 2.32. The van der Waals surface area contributed by atoms with E-state index in [4.69, 9.17) is 4.74 Å². The van der Waals surface area contributed by atoms with Crippen molar-refractivity contribution in [2.24, 2.45) is 0 Å². The number of carbonyl (C=O) groups excluding carboxylic acids is 4. The third-order valence-corrected chi connectivity index (χ3v) is 9.99. The molecule has 5 aromatic carbocycles. The minimum absolute atomic E-state index is 0.0174. The Morgan fingerprint density at radius 1 is 0.621 bits per heavy atom. The second-order valence-electron chi connectivity index (χ2n) is 14.2. The van der Waals surface area contributed by atoms with Gasteiger partial charge in [-0.1, -0.05) is 115 Å². The van der Waals surface area contributed by atoms with Gasteiger partial charge in [0.15, 0.2) is 6.61 Å². The number of nitrogens with one attached hydrogen (secondary N) is 4. The molecule has 0 radical (unpaired) electrons. The van der Waals surface area contributed by atoms with Gasteiger partial charge in [-0.05, 0) is 77.3 Å². The third kappa shape index (κ3) is 11.6. The van der Waals surface area contributed by atoms with Crippen LogP contribution in [0.15, 0.2) is 133 Å². The number of rotatable bonds is 9. The number of hydrogen-bond donors (Lipinski definition) is 5. The number of ether oxygens (including phenoxy) is 1. The summed E-state index contributed by atoms with van der Waals surface area (Å²) in [6.07, 6.45) is 0.597. The molecule has 11 nitrogen and oxygen atoms in total. The minimum atomic E-state index is -1.33. The Labute approximate surface area is 336 Å². The van der Waals surface area contributed by atoms with Gasteiger partial charge in [-0.25, -0.2) is 9.18 Å². The molecule has 0 spiro atoms. The van der Waals surface area contributed by atoms with Crippen molar-refractivity contribution in [2.45, 2.75) is 62.7 Å². The van der Waals surface area contributed by atoms with Crippen molar-refractivity contribution in [3.05, 3.63) is 162 Å². The molecule has 5 aromatic rings. The van der Waals surface area contributed by atoms with Gasteiger partial charge in [0.25, 0.3) is 5.91 Å². The van der Waals surface area contributed by atoms with Crippen molar-refractivity contribution in [2.75, 3.05) is 6.61 Å². The van der Waals surface area contributed by atoms with Crippen LogP contribution in [0.2, 0.25) is 0 Å². The van der Waals surface area contributed by atoms with Crippen LogP contribution in [-0.2, 0) is 49.7 Å². The zero-order valence-corrected chi connectivity index (χ0v) is 31.7. The van der Waals surface area contributed by atoms with Crippen molar-refractivity contribution in [1.29, 1.82) is 0 Å². The summed E-state index contributed by atoms with van der Waals surface area (Å²) in [5, 5.41) is 21.0. The fourth-order valence-electron chi connectivity index (χ4n) is 6.75. The van der Waals surface area contributed by atoms with Gasteiger partial charge in [0.1, 0.15) is 35.7 Å². The first-order valence-corrected chi connectivity index (χ1v) is 19.2. The van der Waals surface area contributed by atoms with E-state index >= 15 is 0 Å². The number of carboxylic acid groups (broad SMARTS) is 1. The van der Waals surface area contributed by atoms with Crippen molar-refractivity contribution in [3.8, 4) is 16.9 Å². The minimum Gasteiger partial charge on any atom is -0.484 e. The van der Waals surface area contributed by atoms with Gasteiger partial charge in [-0.15, -0.1) is 0 Å². The number of amides is 4. The number of halogens is 1. The molecular weight excluding hydrogens is 740 g/mol. The van der Waals surface area contributed by atoms with Gasteiger partial charge in [-0.3, -0.25) is 19.2 Å². The van der Waals surface area contributed by atoms with Crippen LogP contribution >= 0.6 is 0 Å². The summed E-state index contributed by atoms with van der Waals surface area (Å²) in [6, 6.07) is 34.0. The van der Waals surface area contributed by atoms with Gasteiger partial charge in [0.2, 0.25) is 17.7 Å². The summed E-state index contributed by atoms with van der Waals surface area (Å²) in [7, 11) is 0. The largest absolute Gasteiger partial charge is 0.484 e. The second-order valence-corrected chi connectivity index (χ2v) is 14.2. The lowest BCUT2D eigenvalue weighted by Crippen LogP contribution is -2.58. The molecular formula is C46H45FN4O7. The molecule has 2 heterocycles. The van der Waals surface area contributed by atoms with E-state index < -0.39 is 66.2 Å². The molecule has 4 amide bonds. The van der Waals surface area contributed by atoms with Crippen molar-refractivity contribution in [3.63, 3.8) is 0 Å². The average Bonchev–Trinajstić information content (AvgIpc) is 3.24. The molecule has 58 heavy (non-hydrogen) atoms. The average molecular weight is 785 g/mol. The van der Waals surface area contributed by atoms with Gasteiger partial charge >= 0.3 is 5.97 Å². The summed E-state index contributed by atoms with van der Waals surface area (Å²) < 4.78 is 20.6. The number of carbonyl (C=O) groups is 5. The van der Waals surface area contributed by atoms with E-state index in [9.17, 15) is 33.5 Å². The summed E-state index contributed by atoms with van der Waals surface area (Å²) >= 11 is 0. The number of aliphatic carboxylic acids is 1. The van der Waals surface area contributed by atoms with E-state index in [-0.39, 0.29) is 31.2 Å². The first-order chi connectivity index (χ1) is 28.1. The van der Waals surface area contributed by atoms with Crippen molar-refractivity contribution in [1.82, 2.24) is 21.3 Å². The molecule has 0 fully saturated rings. The highest BCUT2D eigenvalue weighted by Crippen LogP contribution is 2.21.